The summed E-state index contributed by atoms with van der Waals surface area (Å²) in [5.74, 6) is 0.844. The van der Waals surface area contributed by atoms with Gasteiger partial charge < -0.3 is 15.1 Å². The van der Waals surface area contributed by atoms with Gasteiger partial charge in [-0.2, -0.15) is 10.2 Å². The Morgan fingerprint density at radius 3 is 2.76 bits per heavy atom. The van der Waals surface area contributed by atoms with Gasteiger partial charge in [0, 0.05) is 73.3 Å². The molecule has 0 bridgehead atoms. The number of nitrogens with one attached hydrogen (secondary N) is 2. The van der Waals surface area contributed by atoms with Gasteiger partial charge in [0.15, 0.2) is 5.82 Å². The SMILES string of the molecule is C=CN1CCc2c(c(N3CCCc4cc(-c5cn[nH]c5)c(C(F)F)cc43)nn2C2CCNC(=O)C2)C1.CC. The number of alkyl halides is 2. The third-order valence-corrected chi connectivity index (χ3v) is 7.59. The Morgan fingerprint density at radius 1 is 1.21 bits per heavy atom. The zero-order chi connectivity index (χ0) is 26.8. The number of carbonyl (C=O) groups excluding carboxylic acids is 1. The van der Waals surface area contributed by atoms with E-state index in [0.717, 1.165) is 60.6 Å². The molecule has 1 aromatic carbocycles. The first-order valence-corrected chi connectivity index (χ1v) is 13.5. The van der Waals surface area contributed by atoms with Crippen molar-refractivity contribution >= 4 is 17.4 Å². The van der Waals surface area contributed by atoms with Crippen LogP contribution in [0, 0.1) is 0 Å². The van der Waals surface area contributed by atoms with Gasteiger partial charge in [-0.3, -0.25) is 14.6 Å². The van der Waals surface area contributed by atoms with Crippen LogP contribution in [-0.4, -0.2) is 50.4 Å². The molecule has 2 N–H and O–H groups in total. The standard InChI is InChI=1S/C26H29F2N7O.C2H6/c1-2-33-9-6-22-21(15-33)26(32-35(22)18-5-7-29-24(36)11-18)34-8-3-4-16-10-19(17-13-30-31-14-17)20(25(27)28)12-23(16)34;1-2/h2,10,12-14,18,25H,1,3-9,11,15H2,(H,29,36)(H,30,31);1-2H3. The summed E-state index contributed by atoms with van der Waals surface area (Å²) in [4.78, 5) is 16.4. The first kappa shape index (κ1) is 25.9. The van der Waals surface area contributed by atoms with E-state index in [0.29, 0.717) is 37.2 Å². The molecule has 3 aromatic rings. The summed E-state index contributed by atoms with van der Waals surface area (Å²) in [6, 6.07) is 3.52. The number of aryl methyl sites for hydroxylation is 1. The Bertz CT molecular complexity index is 1300. The topological polar surface area (TPSA) is 82.1 Å². The summed E-state index contributed by atoms with van der Waals surface area (Å²) in [5, 5.41) is 14.7. The summed E-state index contributed by atoms with van der Waals surface area (Å²) in [7, 11) is 0. The van der Waals surface area contributed by atoms with Crippen molar-refractivity contribution in [2.75, 3.05) is 24.5 Å². The molecule has 6 rings (SSSR count). The molecule has 0 saturated carbocycles. The van der Waals surface area contributed by atoms with Gasteiger partial charge >= 0.3 is 0 Å². The Balaban J connectivity index is 0.00000144. The lowest BCUT2D eigenvalue weighted by molar-refractivity contribution is -0.123. The van der Waals surface area contributed by atoms with Gasteiger partial charge in [0.25, 0.3) is 6.43 Å². The minimum atomic E-state index is -2.62. The van der Waals surface area contributed by atoms with Crippen molar-refractivity contribution in [3.63, 3.8) is 0 Å². The van der Waals surface area contributed by atoms with E-state index in [-0.39, 0.29) is 17.5 Å². The Hall–Kier alpha value is -3.69. The highest BCUT2D eigenvalue weighted by atomic mass is 19.3. The molecule has 0 aliphatic carbocycles. The maximum atomic E-state index is 14.2. The molecule has 38 heavy (non-hydrogen) atoms. The average molecular weight is 524 g/mol. The maximum Gasteiger partial charge on any atom is 0.264 e. The van der Waals surface area contributed by atoms with Crippen LogP contribution >= 0.6 is 0 Å². The van der Waals surface area contributed by atoms with Gasteiger partial charge in [-0.15, -0.1) is 0 Å². The second-order valence-electron chi connectivity index (χ2n) is 9.70. The van der Waals surface area contributed by atoms with E-state index >= 15 is 0 Å². The molecule has 10 heteroatoms. The van der Waals surface area contributed by atoms with Crippen LogP contribution in [0.15, 0.2) is 37.3 Å². The fourth-order valence-electron chi connectivity index (χ4n) is 5.80. The number of aromatic amines is 1. The highest BCUT2D eigenvalue weighted by Gasteiger charge is 2.33. The first-order chi connectivity index (χ1) is 18.5. The monoisotopic (exact) mass is 523 g/mol. The number of nitrogens with zero attached hydrogens (tertiary/aromatic N) is 5. The number of hydrogen-bond donors (Lipinski definition) is 2. The zero-order valence-corrected chi connectivity index (χ0v) is 22.0. The molecule has 0 spiro atoms. The Morgan fingerprint density at radius 2 is 2.05 bits per heavy atom. The van der Waals surface area contributed by atoms with E-state index in [4.69, 9.17) is 5.10 Å². The molecule has 1 unspecified atom stereocenters. The van der Waals surface area contributed by atoms with E-state index in [1.54, 1.807) is 18.5 Å². The first-order valence-electron chi connectivity index (χ1n) is 13.5. The van der Waals surface area contributed by atoms with E-state index < -0.39 is 6.43 Å². The molecule has 3 aliphatic heterocycles. The van der Waals surface area contributed by atoms with E-state index in [2.05, 4.69) is 31.9 Å². The third kappa shape index (κ3) is 4.68. The minimum Gasteiger partial charge on any atom is -0.373 e. The number of piperidine rings is 1. The maximum absolute atomic E-state index is 14.2. The number of rotatable bonds is 5. The lowest BCUT2D eigenvalue weighted by Crippen LogP contribution is -2.36. The largest absolute Gasteiger partial charge is 0.373 e. The van der Waals surface area contributed by atoms with Crippen LogP contribution in [0.25, 0.3) is 11.1 Å². The average Bonchev–Trinajstić information content (AvgIpc) is 3.61. The van der Waals surface area contributed by atoms with Gasteiger partial charge in [-0.05, 0) is 48.7 Å². The Kier molecular flexibility index (Phi) is 7.49. The van der Waals surface area contributed by atoms with Gasteiger partial charge in [0.1, 0.15) is 0 Å². The number of carbonyl (C=O) groups is 1. The number of aromatic nitrogens is 4. The van der Waals surface area contributed by atoms with Crippen LogP contribution in [0.3, 0.4) is 0 Å². The van der Waals surface area contributed by atoms with Crippen LogP contribution in [0.2, 0.25) is 0 Å². The van der Waals surface area contributed by atoms with Crippen molar-refractivity contribution in [1.82, 2.24) is 30.2 Å². The fourth-order valence-corrected chi connectivity index (χ4v) is 5.80. The molecule has 2 aromatic heterocycles. The van der Waals surface area contributed by atoms with Gasteiger partial charge in [-0.1, -0.05) is 20.4 Å². The summed E-state index contributed by atoms with van der Waals surface area (Å²) in [6.07, 6.45) is 6.18. The quantitative estimate of drug-likeness (QED) is 0.476. The Labute approximate surface area is 221 Å². The molecule has 1 saturated heterocycles. The second kappa shape index (κ2) is 11.0. The van der Waals surface area contributed by atoms with Crippen molar-refractivity contribution in [1.29, 1.82) is 0 Å². The molecular formula is C28H35F2N7O. The predicted octanol–water partition coefficient (Wildman–Crippen LogP) is 5.27. The molecule has 1 amide bonds. The molecule has 1 atom stereocenters. The summed E-state index contributed by atoms with van der Waals surface area (Å²) >= 11 is 0. The molecule has 202 valence electrons. The van der Waals surface area contributed by atoms with Gasteiger partial charge in [-0.25, -0.2) is 8.78 Å². The summed E-state index contributed by atoms with van der Waals surface area (Å²) in [5.41, 5.74) is 5.21. The van der Waals surface area contributed by atoms with Crippen molar-refractivity contribution < 1.29 is 13.6 Å². The summed E-state index contributed by atoms with van der Waals surface area (Å²) in [6.45, 7) is 10.8. The van der Waals surface area contributed by atoms with Crippen molar-refractivity contribution in [3.8, 4) is 11.1 Å². The van der Waals surface area contributed by atoms with Crippen molar-refractivity contribution in [3.05, 3.63) is 59.7 Å². The van der Waals surface area contributed by atoms with Crippen LogP contribution in [0.4, 0.5) is 20.3 Å². The van der Waals surface area contributed by atoms with Crippen molar-refractivity contribution in [2.24, 2.45) is 0 Å². The predicted molar refractivity (Wildman–Crippen MR) is 143 cm³/mol. The van der Waals surface area contributed by atoms with E-state index in [9.17, 15) is 13.6 Å². The van der Waals surface area contributed by atoms with Crippen LogP contribution in [-0.2, 0) is 24.2 Å². The molecule has 1 fully saturated rings. The highest BCUT2D eigenvalue weighted by Crippen LogP contribution is 2.43. The minimum absolute atomic E-state index is 0.000819. The molecule has 3 aliphatic rings. The van der Waals surface area contributed by atoms with Gasteiger partial charge in [0.2, 0.25) is 5.91 Å². The number of fused-ring (bicyclic) bond motifs is 2. The third-order valence-electron chi connectivity index (χ3n) is 7.59. The molecule has 5 heterocycles. The number of amides is 1. The second-order valence-corrected chi connectivity index (χ2v) is 9.70. The number of hydrogen-bond acceptors (Lipinski definition) is 5. The lowest BCUT2D eigenvalue weighted by atomic mass is 9.93. The number of anilines is 2. The van der Waals surface area contributed by atoms with Crippen LogP contribution < -0.4 is 10.2 Å². The van der Waals surface area contributed by atoms with E-state index in [1.165, 1.54) is 0 Å². The fraction of sp³-hybridized carbons (Fsp3) is 0.464. The smallest absolute Gasteiger partial charge is 0.264 e. The normalized spacial score (nSPS) is 18.9. The highest BCUT2D eigenvalue weighted by molar-refractivity contribution is 5.78. The van der Waals surface area contributed by atoms with Crippen LogP contribution in [0.5, 0.6) is 0 Å². The number of benzene rings is 1. The van der Waals surface area contributed by atoms with Crippen molar-refractivity contribution in [2.45, 2.75) is 65.0 Å². The van der Waals surface area contributed by atoms with E-state index in [1.807, 2.05) is 30.8 Å². The zero-order valence-electron chi connectivity index (χ0n) is 22.0. The molecule has 8 nitrogen and oxygen atoms in total. The number of H-pyrrole nitrogens is 1. The summed E-state index contributed by atoms with van der Waals surface area (Å²) < 4.78 is 30.5. The number of halogens is 2. The molecular weight excluding hydrogens is 488 g/mol. The molecule has 0 radical (unpaired) electrons. The van der Waals surface area contributed by atoms with Crippen LogP contribution in [0.1, 0.15) is 68.0 Å². The lowest BCUT2D eigenvalue weighted by Gasteiger charge is -2.33. The van der Waals surface area contributed by atoms with Gasteiger partial charge in [0.05, 0.1) is 12.2 Å².